The van der Waals surface area contributed by atoms with Crippen molar-refractivity contribution in [2.75, 3.05) is 6.54 Å². The van der Waals surface area contributed by atoms with Crippen molar-refractivity contribution in [3.8, 4) is 0 Å². The molecule has 0 amide bonds. The fraction of sp³-hybridized carbons (Fsp3) is 0.533. The molecule has 1 unspecified atom stereocenters. The van der Waals surface area contributed by atoms with Crippen LogP contribution in [0, 0.1) is 10.1 Å². The van der Waals surface area contributed by atoms with E-state index in [0.29, 0.717) is 23.6 Å². The van der Waals surface area contributed by atoms with Gasteiger partial charge >= 0.3 is 0 Å². The van der Waals surface area contributed by atoms with E-state index in [1.165, 1.54) is 12.1 Å². The predicted molar refractivity (Wildman–Crippen MR) is 81.5 cm³/mol. The van der Waals surface area contributed by atoms with Gasteiger partial charge in [0.2, 0.25) is 0 Å². The average Bonchev–Trinajstić information content (AvgIpc) is 2.40. The fourth-order valence-electron chi connectivity index (χ4n) is 2.91. The zero-order valence-electron chi connectivity index (χ0n) is 12.0. The zero-order valence-corrected chi connectivity index (χ0v) is 12.8. The lowest BCUT2D eigenvalue weighted by molar-refractivity contribution is -0.385. The summed E-state index contributed by atoms with van der Waals surface area (Å²) in [6, 6.07) is 4.81. The Bertz CT molecular complexity index is 548. The topological polar surface area (TPSA) is 63.5 Å². The van der Waals surface area contributed by atoms with Gasteiger partial charge in [0.1, 0.15) is 5.78 Å². The number of nitro groups is 1. The summed E-state index contributed by atoms with van der Waals surface area (Å²) in [7, 11) is 0. The third-order valence-corrected chi connectivity index (χ3v) is 4.12. The van der Waals surface area contributed by atoms with E-state index in [1.54, 1.807) is 13.0 Å². The minimum atomic E-state index is -0.379. The summed E-state index contributed by atoms with van der Waals surface area (Å²) in [5.41, 5.74) is 0.703. The highest BCUT2D eigenvalue weighted by atomic mass is 35.5. The first-order valence-corrected chi connectivity index (χ1v) is 7.51. The summed E-state index contributed by atoms with van der Waals surface area (Å²) in [4.78, 5) is 24.3. The Morgan fingerprint density at radius 3 is 2.90 bits per heavy atom. The Morgan fingerprint density at radius 2 is 2.24 bits per heavy atom. The molecular formula is C15H19ClN2O3. The second kappa shape index (κ2) is 7.00. The van der Waals surface area contributed by atoms with E-state index in [2.05, 4.69) is 4.90 Å². The van der Waals surface area contributed by atoms with Crippen LogP contribution >= 0.6 is 11.6 Å². The average molecular weight is 311 g/mol. The van der Waals surface area contributed by atoms with Gasteiger partial charge < -0.3 is 0 Å². The molecule has 114 valence electrons. The largest absolute Gasteiger partial charge is 0.300 e. The van der Waals surface area contributed by atoms with Crippen LogP contribution in [0.25, 0.3) is 0 Å². The first-order chi connectivity index (χ1) is 9.97. The van der Waals surface area contributed by atoms with Crippen molar-refractivity contribution >= 4 is 23.1 Å². The first kappa shape index (κ1) is 15.9. The Kier molecular flexibility index (Phi) is 5.31. The van der Waals surface area contributed by atoms with Gasteiger partial charge in [-0.3, -0.25) is 19.8 Å². The van der Waals surface area contributed by atoms with Crippen LogP contribution in [0.1, 0.15) is 38.2 Å². The summed E-state index contributed by atoms with van der Waals surface area (Å²) in [6.07, 6.45) is 3.64. The number of halogens is 1. The van der Waals surface area contributed by atoms with Crippen LogP contribution in [-0.2, 0) is 11.3 Å². The number of hydrogen-bond donors (Lipinski definition) is 0. The van der Waals surface area contributed by atoms with Crippen molar-refractivity contribution in [3.63, 3.8) is 0 Å². The molecule has 1 aromatic rings. The number of Topliss-reactive ketones (excluding diaryl/α,β-unsaturated/α-hetero) is 1. The molecule has 1 saturated heterocycles. The maximum atomic E-state index is 11.4. The monoisotopic (exact) mass is 310 g/mol. The van der Waals surface area contributed by atoms with E-state index in [1.807, 2.05) is 0 Å². The van der Waals surface area contributed by atoms with Crippen LogP contribution in [0.5, 0.6) is 0 Å². The number of carbonyl (C=O) groups excluding carboxylic acids is 1. The molecular weight excluding hydrogens is 292 g/mol. The minimum absolute atomic E-state index is 0.0894. The number of likely N-dealkylation sites (tertiary alicyclic amines) is 1. The maximum Gasteiger partial charge on any atom is 0.273 e. The normalized spacial score (nSPS) is 19.4. The van der Waals surface area contributed by atoms with Crippen molar-refractivity contribution in [2.24, 2.45) is 0 Å². The lowest BCUT2D eigenvalue weighted by Gasteiger charge is -2.35. The molecule has 1 aliphatic heterocycles. The van der Waals surface area contributed by atoms with Crippen molar-refractivity contribution in [2.45, 2.75) is 45.2 Å². The van der Waals surface area contributed by atoms with E-state index < -0.39 is 0 Å². The fourth-order valence-corrected chi connectivity index (χ4v) is 3.10. The summed E-state index contributed by atoms with van der Waals surface area (Å²) in [6.45, 7) is 2.92. The van der Waals surface area contributed by atoms with E-state index >= 15 is 0 Å². The van der Waals surface area contributed by atoms with Crippen molar-refractivity contribution in [1.82, 2.24) is 4.90 Å². The molecule has 6 heteroatoms. The number of benzene rings is 1. The van der Waals surface area contributed by atoms with Gasteiger partial charge in [-0.05, 0) is 38.4 Å². The van der Waals surface area contributed by atoms with Gasteiger partial charge in [0.25, 0.3) is 5.69 Å². The molecule has 0 bridgehead atoms. The molecule has 21 heavy (non-hydrogen) atoms. The first-order valence-electron chi connectivity index (χ1n) is 7.13. The quantitative estimate of drug-likeness (QED) is 0.616. The van der Waals surface area contributed by atoms with Crippen LogP contribution in [-0.4, -0.2) is 28.2 Å². The molecule has 0 aliphatic carbocycles. The maximum absolute atomic E-state index is 11.4. The second-order valence-electron chi connectivity index (χ2n) is 5.56. The number of ketones is 1. The molecule has 0 radical (unpaired) electrons. The number of hydrogen-bond acceptors (Lipinski definition) is 4. The van der Waals surface area contributed by atoms with E-state index in [9.17, 15) is 14.9 Å². The number of piperidine rings is 1. The van der Waals surface area contributed by atoms with Crippen LogP contribution < -0.4 is 0 Å². The number of nitro benzene ring substituents is 1. The molecule has 0 aromatic heterocycles. The summed E-state index contributed by atoms with van der Waals surface area (Å²) in [5.74, 6) is 0.160. The van der Waals surface area contributed by atoms with Crippen LogP contribution in [0.4, 0.5) is 5.69 Å². The van der Waals surface area contributed by atoms with Crippen molar-refractivity contribution in [3.05, 3.63) is 38.9 Å². The third kappa shape index (κ3) is 4.25. The van der Waals surface area contributed by atoms with E-state index in [4.69, 9.17) is 11.6 Å². The van der Waals surface area contributed by atoms with Crippen molar-refractivity contribution in [1.29, 1.82) is 0 Å². The predicted octanol–water partition coefficient (Wildman–Crippen LogP) is 3.58. The Hall–Kier alpha value is -1.46. The molecule has 2 rings (SSSR count). The minimum Gasteiger partial charge on any atom is -0.300 e. The lowest BCUT2D eigenvalue weighted by Crippen LogP contribution is -2.40. The van der Waals surface area contributed by atoms with Gasteiger partial charge in [-0.25, -0.2) is 0 Å². The number of rotatable bonds is 5. The van der Waals surface area contributed by atoms with Gasteiger partial charge in [0, 0.05) is 35.7 Å². The summed E-state index contributed by atoms with van der Waals surface area (Å²) >= 11 is 5.96. The number of carbonyl (C=O) groups is 1. The molecule has 1 fully saturated rings. The highest BCUT2D eigenvalue weighted by molar-refractivity contribution is 6.30. The second-order valence-corrected chi connectivity index (χ2v) is 5.99. The van der Waals surface area contributed by atoms with Gasteiger partial charge in [-0.2, -0.15) is 0 Å². The highest BCUT2D eigenvalue weighted by Crippen LogP contribution is 2.28. The van der Waals surface area contributed by atoms with Gasteiger partial charge in [-0.15, -0.1) is 0 Å². The van der Waals surface area contributed by atoms with Gasteiger partial charge in [-0.1, -0.05) is 18.0 Å². The van der Waals surface area contributed by atoms with Crippen LogP contribution in [0.15, 0.2) is 18.2 Å². The molecule has 1 atom stereocenters. The molecule has 5 nitrogen and oxygen atoms in total. The molecule has 0 spiro atoms. The molecule has 0 saturated carbocycles. The summed E-state index contributed by atoms with van der Waals surface area (Å²) in [5, 5.41) is 11.6. The van der Waals surface area contributed by atoms with Gasteiger partial charge in [0.05, 0.1) is 4.92 Å². The van der Waals surface area contributed by atoms with E-state index in [-0.39, 0.29) is 22.4 Å². The van der Waals surface area contributed by atoms with Crippen LogP contribution in [0.3, 0.4) is 0 Å². The summed E-state index contributed by atoms with van der Waals surface area (Å²) < 4.78 is 0. The molecule has 0 N–H and O–H groups in total. The SMILES string of the molecule is CC(=O)CC1CCCCN1Cc1cc(Cl)ccc1[N+](=O)[O-]. The molecule has 1 aromatic carbocycles. The lowest BCUT2D eigenvalue weighted by atomic mass is 9.97. The Morgan fingerprint density at radius 1 is 1.48 bits per heavy atom. The Balaban J connectivity index is 2.20. The highest BCUT2D eigenvalue weighted by Gasteiger charge is 2.26. The van der Waals surface area contributed by atoms with E-state index in [0.717, 1.165) is 25.8 Å². The van der Waals surface area contributed by atoms with Crippen molar-refractivity contribution < 1.29 is 9.72 Å². The number of nitrogens with zero attached hydrogens (tertiary/aromatic N) is 2. The molecule has 1 heterocycles. The smallest absolute Gasteiger partial charge is 0.273 e. The van der Waals surface area contributed by atoms with Gasteiger partial charge in [0.15, 0.2) is 0 Å². The zero-order chi connectivity index (χ0) is 15.4. The third-order valence-electron chi connectivity index (χ3n) is 3.88. The standard InChI is InChI=1S/C15H19ClN2O3/c1-11(19)8-14-4-2-3-7-17(14)10-12-9-13(16)5-6-15(12)18(20)21/h5-6,9,14H,2-4,7-8,10H2,1H3. The molecule has 1 aliphatic rings. The van der Waals surface area contributed by atoms with Crippen LogP contribution in [0.2, 0.25) is 5.02 Å². The Labute approximate surface area is 129 Å².